The van der Waals surface area contributed by atoms with E-state index in [1.165, 1.54) is 28.7 Å². The molecule has 0 aliphatic carbocycles. The van der Waals surface area contributed by atoms with Gasteiger partial charge in [0.05, 0.1) is 18.8 Å². The molecule has 2 amide bonds. The second-order valence-electron chi connectivity index (χ2n) is 9.33. The number of carbonyl (C=O) groups is 2. The van der Waals surface area contributed by atoms with Gasteiger partial charge in [-0.3, -0.25) is 14.5 Å². The maximum atomic E-state index is 13.2. The first-order valence-corrected chi connectivity index (χ1v) is 11.3. The molecule has 12 nitrogen and oxygen atoms in total. The van der Waals surface area contributed by atoms with E-state index < -0.39 is 17.6 Å². The minimum absolute atomic E-state index is 0.0569. The first-order valence-electron chi connectivity index (χ1n) is 11.3. The van der Waals surface area contributed by atoms with E-state index in [9.17, 15) is 14.4 Å². The highest BCUT2D eigenvalue weighted by atomic mass is 16.6. The molecule has 1 saturated heterocycles. The van der Waals surface area contributed by atoms with Crippen LogP contribution >= 0.6 is 0 Å². The van der Waals surface area contributed by atoms with Crippen LogP contribution in [-0.4, -0.2) is 57.0 Å². The van der Waals surface area contributed by atoms with Crippen LogP contribution in [0.3, 0.4) is 0 Å². The SMILES string of the molecule is CN(C(=O)OC(C)(C)C)c1cc(Nc2cccn([C@H]3CCCOC3)c2=O)nc2c(C(N)=O)cnn12. The number of nitrogens with two attached hydrogens (primary N) is 1. The molecular weight excluding hydrogens is 454 g/mol. The van der Waals surface area contributed by atoms with Gasteiger partial charge in [-0.05, 0) is 45.7 Å². The molecule has 0 unspecified atom stereocenters. The molecule has 4 heterocycles. The third-order valence-corrected chi connectivity index (χ3v) is 5.50. The molecular formula is C23H29N7O5. The average Bonchev–Trinajstić information content (AvgIpc) is 3.23. The quantitative estimate of drug-likeness (QED) is 0.563. The average molecular weight is 484 g/mol. The van der Waals surface area contributed by atoms with E-state index in [0.29, 0.717) is 13.2 Å². The van der Waals surface area contributed by atoms with Crippen LogP contribution in [0, 0.1) is 0 Å². The molecule has 0 spiro atoms. The fourth-order valence-electron chi connectivity index (χ4n) is 3.82. The van der Waals surface area contributed by atoms with Gasteiger partial charge in [-0.15, -0.1) is 0 Å². The number of pyridine rings is 1. The predicted octanol–water partition coefficient (Wildman–Crippen LogP) is 2.46. The molecule has 1 fully saturated rings. The number of amides is 2. The van der Waals surface area contributed by atoms with Crippen molar-refractivity contribution < 1.29 is 19.1 Å². The van der Waals surface area contributed by atoms with Gasteiger partial charge in [-0.1, -0.05) is 0 Å². The van der Waals surface area contributed by atoms with Gasteiger partial charge in [0.1, 0.15) is 28.5 Å². The van der Waals surface area contributed by atoms with Gasteiger partial charge in [0, 0.05) is 25.9 Å². The van der Waals surface area contributed by atoms with Gasteiger partial charge in [-0.25, -0.2) is 9.78 Å². The van der Waals surface area contributed by atoms with Crippen LogP contribution in [0.4, 0.5) is 22.1 Å². The summed E-state index contributed by atoms with van der Waals surface area (Å²) in [5.41, 5.74) is 5.01. The summed E-state index contributed by atoms with van der Waals surface area (Å²) in [7, 11) is 1.51. The number of hydrogen-bond donors (Lipinski definition) is 2. The summed E-state index contributed by atoms with van der Waals surface area (Å²) in [4.78, 5) is 43.6. The molecule has 3 aromatic heterocycles. The molecule has 4 rings (SSSR count). The van der Waals surface area contributed by atoms with Crippen LogP contribution in [0.5, 0.6) is 0 Å². The third kappa shape index (κ3) is 5.11. The van der Waals surface area contributed by atoms with Crippen LogP contribution in [0.2, 0.25) is 0 Å². The minimum Gasteiger partial charge on any atom is -0.443 e. The van der Waals surface area contributed by atoms with Crippen molar-refractivity contribution >= 4 is 35.0 Å². The van der Waals surface area contributed by atoms with Gasteiger partial charge >= 0.3 is 6.09 Å². The smallest absolute Gasteiger partial charge is 0.415 e. The number of primary amides is 1. The summed E-state index contributed by atoms with van der Waals surface area (Å²) < 4.78 is 14.0. The Kier molecular flexibility index (Phi) is 6.48. The highest BCUT2D eigenvalue weighted by Gasteiger charge is 2.25. The lowest BCUT2D eigenvalue weighted by Gasteiger charge is -2.25. The Hall–Kier alpha value is -3.93. The van der Waals surface area contributed by atoms with Crippen molar-refractivity contribution in [3.05, 3.63) is 46.5 Å². The zero-order valence-electron chi connectivity index (χ0n) is 20.1. The number of hydrogen-bond acceptors (Lipinski definition) is 8. The summed E-state index contributed by atoms with van der Waals surface area (Å²) in [6.07, 6.45) is 4.10. The first kappa shape index (κ1) is 24.2. The second-order valence-corrected chi connectivity index (χ2v) is 9.33. The topological polar surface area (TPSA) is 146 Å². The molecule has 186 valence electrons. The van der Waals surface area contributed by atoms with Crippen molar-refractivity contribution in [1.29, 1.82) is 0 Å². The van der Waals surface area contributed by atoms with Crippen LogP contribution in [-0.2, 0) is 9.47 Å². The lowest BCUT2D eigenvalue weighted by Crippen LogP contribution is -2.35. The maximum absolute atomic E-state index is 13.2. The zero-order valence-corrected chi connectivity index (χ0v) is 20.1. The molecule has 0 bridgehead atoms. The van der Waals surface area contributed by atoms with Crippen LogP contribution in [0.1, 0.15) is 50.0 Å². The predicted molar refractivity (Wildman–Crippen MR) is 129 cm³/mol. The summed E-state index contributed by atoms with van der Waals surface area (Å²) in [5.74, 6) is -0.244. The molecule has 1 aliphatic heterocycles. The summed E-state index contributed by atoms with van der Waals surface area (Å²) in [5, 5.41) is 7.20. The number of rotatable bonds is 5. The van der Waals surface area contributed by atoms with Crippen LogP contribution in [0.15, 0.2) is 35.4 Å². The van der Waals surface area contributed by atoms with Gasteiger partial charge in [0.15, 0.2) is 5.65 Å². The van der Waals surface area contributed by atoms with E-state index in [0.717, 1.165) is 12.8 Å². The Morgan fingerprint density at radius 3 is 2.77 bits per heavy atom. The Balaban J connectivity index is 1.76. The number of nitrogens with one attached hydrogen (secondary N) is 1. The van der Waals surface area contributed by atoms with E-state index in [1.54, 1.807) is 43.7 Å². The number of fused-ring (bicyclic) bond motifs is 1. The molecule has 3 N–H and O–H groups in total. The highest BCUT2D eigenvalue weighted by molar-refractivity contribution is 5.99. The van der Waals surface area contributed by atoms with Crippen molar-refractivity contribution in [3.63, 3.8) is 0 Å². The van der Waals surface area contributed by atoms with Gasteiger partial charge in [0.2, 0.25) is 0 Å². The molecule has 35 heavy (non-hydrogen) atoms. The third-order valence-electron chi connectivity index (χ3n) is 5.50. The lowest BCUT2D eigenvalue weighted by atomic mass is 10.1. The summed E-state index contributed by atoms with van der Waals surface area (Å²) >= 11 is 0. The van der Waals surface area contributed by atoms with Crippen molar-refractivity contribution in [1.82, 2.24) is 19.2 Å². The highest BCUT2D eigenvalue weighted by Crippen LogP contribution is 2.25. The monoisotopic (exact) mass is 483 g/mol. The normalized spacial score (nSPS) is 16.2. The number of aromatic nitrogens is 4. The van der Waals surface area contributed by atoms with Crippen molar-refractivity contribution in [3.8, 4) is 0 Å². The molecule has 0 radical (unpaired) electrons. The molecule has 3 aromatic rings. The van der Waals surface area contributed by atoms with Crippen molar-refractivity contribution in [2.45, 2.75) is 45.3 Å². The van der Waals surface area contributed by atoms with Crippen molar-refractivity contribution in [2.24, 2.45) is 5.73 Å². The first-order chi connectivity index (χ1) is 16.5. The van der Waals surface area contributed by atoms with E-state index >= 15 is 0 Å². The second kappa shape index (κ2) is 9.37. The Labute approximate surface area is 201 Å². The van der Waals surface area contributed by atoms with Gasteiger partial charge in [0.25, 0.3) is 11.5 Å². The minimum atomic E-state index is -0.727. The maximum Gasteiger partial charge on any atom is 0.415 e. The largest absolute Gasteiger partial charge is 0.443 e. The van der Waals surface area contributed by atoms with Gasteiger partial charge in [-0.2, -0.15) is 9.61 Å². The zero-order chi connectivity index (χ0) is 25.3. The summed E-state index contributed by atoms with van der Waals surface area (Å²) in [6, 6.07) is 4.88. The molecule has 12 heteroatoms. The fraction of sp³-hybridized carbons (Fsp3) is 0.435. The van der Waals surface area contributed by atoms with E-state index in [2.05, 4.69) is 15.4 Å². The molecule has 0 aromatic carbocycles. The van der Waals surface area contributed by atoms with E-state index in [1.807, 2.05) is 0 Å². The Morgan fingerprint density at radius 1 is 1.34 bits per heavy atom. The fourth-order valence-corrected chi connectivity index (χ4v) is 3.82. The van der Waals surface area contributed by atoms with E-state index in [-0.39, 0.29) is 40.1 Å². The Bertz CT molecular complexity index is 1320. The lowest BCUT2D eigenvalue weighted by molar-refractivity contribution is 0.0580. The number of anilines is 3. The molecule has 1 atom stereocenters. The summed E-state index contributed by atoms with van der Waals surface area (Å²) in [6.45, 7) is 6.42. The Morgan fingerprint density at radius 2 is 2.11 bits per heavy atom. The van der Waals surface area contributed by atoms with Crippen LogP contribution < -0.4 is 21.5 Å². The number of ether oxygens (including phenoxy) is 2. The molecule has 1 aliphatic rings. The van der Waals surface area contributed by atoms with E-state index in [4.69, 9.17) is 15.2 Å². The molecule has 0 saturated carbocycles. The van der Waals surface area contributed by atoms with Crippen molar-refractivity contribution in [2.75, 3.05) is 30.5 Å². The van der Waals surface area contributed by atoms with Crippen LogP contribution in [0.25, 0.3) is 5.65 Å². The van der Waals surface area contributed by atoms with Gasteiger partial charge < -0.3 is 25.1 Å². The number of nitrogens with zero attached hydrogens (tertiary/aromatic N) is 5. The standard InChI is InChI=1S/C23H29N7O5/c1-23(2,3)35-22(33)28(4)18-11-17(27-20-15(19(24)31)12-25-30(18)20)26-16-8-5-9-29(21(16)32)14-7-6-10-34-13-14/h5,8-9,11-12,14H,6-7,10,13H2,1-4H3,(H2,24,31)(H,26,27)/t14-/m0/s1. The number of carbonyl (C=O) groups excluding carboxylic acids is 2.